The van der Waals surface area contributed by atoms with Crippen LogP contribution in [0.3, 0.4) is 0 Å². The molecule has 0 bridgehead atoms. The van der Waals surface area contributed by atoms with Gasteiger partial charge in [-0.05, 0) is 0 Å². The van der Waals surface area contributed by atoms with Crippen LogP contribution in [0.4, 0.5) is 0 Å². The van der Waals surface area contributed by atoms with Gasteiger partial charge in [0.1, 0.15) is 0 Å². The molecule has 0 saturated heterocycles. The maximum atomic E-state index is 5.78. The van der Waals surface area contributed by atoms with Gasteiger partial charge >= 0.3 is 112 Å². The van der Waals surface area contributed by atoms with Crippen LogP contribution in [0, 0.1) is 6.08 Å². The first-order valence-corrected chi connectivity index (χ1v) is 6.89. The van der Waals surface area contributed by atoms with Gasteiger partial charge in [0.15, 0.2) is 0 Å². The van der Waals surface area contributed by atoms with E-state index in [2.05, 4.69) is 16.3 Å². The maximum Gasteiger partial charge on any atom is 1.00 e. The molecule has 0 fully saturated rings. The second-order valence-electron chi connectivity index (χ2n) is 3.03. The number of para-hydroxylation sites is 1. The molecule has 68 valence electrons. The van der Waals surface area contributed by atoms with Crippen molar-refractivity contribution in [2.24, 2.45) is 0 Å². The normalized spacial score (nSPS) is 16.3. The molecule has 1 nitrogen and oxygen atoms in total. The average Bonchev–Trinajstić information content (AvgIpc) is 2.26. The third-order valence-electron chi connectivity index (χ3n) is 2.09. The SMILES string of the molecule is [C-]1=C2[Te]C=CC=C2Oc2ccccc21.[Li+]. The number of benzene rings is 1. The maximum absolute atomic E-state index is 5.78. The Bertz CT molecular complexity index is 474. The molecule has 0 saturated carbocycles. The predicted molar refractivity (Wildman–Crippen MR) is 55.9 cm³/mol. The molecule has 2 aliphatic heterocycles. The van der Waals surface area contributed by atoms with Gasteiger partial charge in [-0.2, -0.15) is 0 Å². The average molecular weight is 302 g/mol. The smallest absolute Gasteiger partial charge is 1.00 e. The summed E-state index contributed by atoms with van der Waals surface area (Å²) in [5.74, 6) is 1.92. The summed E-state index contributed by atoms with van der Waals surface area (Å²) in [6.45, 7) is 0. The van der Waals surface area contributed by atoms with E-state index in [1.165, 1.54) is 3.62 Å². The molecule has 2 heterocycles. The Balaban J connectivity index is 0.000000853. The molecule has 1 aromatic carbocycles. The van der Waals surface area contributed by atoms with Gasteiger partial charge in [-0.25, -0.2) is 0 Å². The molecular formula is C12H7LiOTe. The van der Waals surface area contributed by atoms with Crippen molar-refractivity contribution in [1.82, 2.24) is 0 Å². The number of allylic oxidation sites excluding steroid dienone is 3. The molecular weight excluding hydrogens is 295 g/mol. The van der Waals surface area contributed by atoms with Gasteiger partial charge in [-0.3, -0.25) is 0 Å². The summed E-state index contributed by atoms with van der Waals surface area (Å²) in [6, 6.07) is 8.04. The predicted octanol–water partition coefficient (Wildman–Crippen LogP) is -0.766. The van der Waals surface area contributed by atoms with Crippen molar-refractivity contribution < 1.29 is 23.6 Å². The Morgan fingerprint density at radius 3 is 3.00 bits per heavy atom. The first kappa shape index (κ1) is 11.1. The van der Waals surface area contributed by atoms with E-state index in [1.807, 2.05) is 30.3 Å². The Labute approximate surface area is 111 Å². The Hall–Kier alpha value is -0.373. The van der Waals surface area contributed by atoms with Gasteiger partial charge < -0.3 is 0 Å². The minimum atomic E-state index is -0.215. The van der Waals surface area contributed by atoms with Crippen LogP contribution in [0.25, 0.3) is 0 Å². The van der Waals surface area contributed by atoms with Crippen LogP contribution in [0.2, 0.25) is 0 Å². The van der Waals surface area contributed by atoms with E-state index in [0.717, 1.165) is 17.1 Å². The standard InChI is InChI=1S/C12H7OTe.Li/c1-2-5-10-9(4-1)8-12-11(13-10)6-3-7-14-12;/h1-7H;/q-1;+1. The van der Waals surface area contributed by atoms with Crippen molar-refractivity contribution >= 4 is 20.9 Å². The van der Waals surface area contributed by atoms with Crippen LogP contribution >= 0.6 is 0 Å². The monoisotopic (exact) mass is 304 g/mol. The van der Waals surface area contributed by atoms with E-state index >= 15 is 0 Å². The van der Waals surface area contributed by atoms with Crippen molar-refractivity contribution in [2.75, 3.05) is 0 Å². The molecule has 0 amide bonds. The molecule has 0 aliphatic carbocycles. The fourth-order valence-electron chi connectivity index (χ4n) is 1.44. The Kier molecular flexibility index (Phi) is 3.44. The number of rotatable bonds is 0. The van der Waals surface area contributed by atoms with Gasteiger partial charge in [-0.1, -0.05) is 0 Å². The third kappa shape index (κ3) is 2.10. The molecule has 0 radical (unpaired) electrons. The van der Waals surface area contributed by atoms with Gasteiger partial charge in [0, 0.05) is 0 Å². The molecule has 0 N–H and O–H groups in total. The van der Waals surface area contributed by atoms with E-state index in [4.69, 9.17) is 4.74 Å². The van der Waals surface area contributed by atoms with Gasteiger partial charge in [0.25, 0.3) is 0 Å². The second kappa shape index (κ2) is 4.65. The van der Waals surface area contributed by atoms with Crippen molar-refractivity contribution in [3.8, 4) is 5.75 Å². The van der Waals surface area contributed by atoms with E-state index < -0.39 is 0 Å². The van der Waals surface area contributed by atoms with Crippen molar-refractivity contribution in [2.45, 2.75) is 0 Å². The quantitative estimate of drug-likeness (QED) is 0.452. The van der Waals surface area contributed by atoms with Crippen LogP contribution in [0.15, 0.2) is 49.9 Å². The molecule has 0 atom stereocenters. The molecule has 15 heavy (non-hydrogen) atoms. The summed E-state index contributed by atoms with van der Waals surface area (Å²) in [5, 5.41) is 0. The van der Waals surface area contributed by atoms with Crippen LogP contribution in [-0.4, -0.2) is 20.9 Å². The molecule has 1 aromatic rings. The zero-order valence-electron chi connectivity index (χ0n) is 8.36. The largest absolute Gasteiger partial charge is 1.00 e. The number of ether oxygens (including phenoxy) is 1. The molecule has 0 unspecified atom stereocenters. The van der Waals surface area contributed by atoms with Gasteiger partial charge in [0.2, 0.25) is 0 Å². The van der Waals surface area contributed by atoms with Crippen molar-refractivity contribution in [1.29, 1.82) is 0 Å². The molecule has 3 rings (SSSR count). The van der Waals surface area contributed by atoms with Gasteiger partial charge in [0.05, 0.1) is 0 Å². The van der Waals surface area contributed by atoms with Crippen LogP contribution < -0.4 is 23.6 Å². The zero-order chi connectivity index (χ0) is 9.38. The molecule has 3 heteroatoms. The number of hydrogen-bond acceptors (Lipinski definition) is 1. The molecule has 2 aliphatic rings. The minimum absolute atomic E-state index is 0. The van der Waals surface area contributed by atoms with E-state index in [9.17, 15) is 0 Å². The summed E-state index contributed by atoms with van der Waals surface area (Å²) < 4.78 is 9.30. The third-order valence-corrected chi connectivity index (χ3v) is 4.47. The summed E-state index contributed by atoms with van der Waals surface area (Å²) in [5.41, 5.74) is 1.08. The van der Waals surface area contributed by atoms with Crippen LogP contribution in [0.1, 0.15) is 5.56 Å². The van der Waals surface area contributed by atoms with Crippen LogP contribution in [-0.2, 0) is 0 Å². The fraction of sp³-hybridized carbons (Fsp3) is 0. The first-order chi connectivity index (χ1) is 6.93. The van der Waals surface area contributed by atoms with E-state index in [0.29, 0.717) is 0 Å². The first-order valence-electron chi connectivity index (χ1n) is 4.38. The summed E-state index contributed by atoms with van der Waals surface area (Å²) in [6.07, 6.45) is 7.53. The van der Waals surface area contributed by atoms with Crippen LogP contribution in [0.5, 0.6) is 5.75 Å². The van der Waals surface area contributed by atoms with Crippen molar-refractivity contribution in [3.05, 3.63) is 61.6 Å². The van der Waals surface area contributed by atoms with E-state index in [1.54, 1.807) is 0 Å². The topological polar surface area (TPSA) is 9.23 Å². The number of hydrogen-bond donors (Lipinski definition) is 0. The summed E-state index contributed by atoms with van der Waals surface area (Å²) in [7, 11) is 0. The Morgan fingerprint density at radius 1 is 1.20 bits per heavy atom. The zero-order valence-corrected chi connectivity index (χ0v) is 10.7. The summed E-state index contributed by atoms with van der Waals surface area (Å²) in [4.78, 5) is 0. The van der Waals surface area contributed by atoms with E-state index in [-0.39, 0.29) is 39.8 Å². The molecule has 0 aromatic heterocycles. The van der Waals surface area contributed by atoms with Crippen molar-refractivity contribution in [3.63, 3.8) is 0 Å². The summed E-state index contributed by atoms with van der Waals surface area (Å²) >= 11 is -0.215. The molecule has 0 spiro atoms. The van der Waals surface area contributed by atoms with Gasteiger partial charge in [-0.15, -0.1) is 0 Å². The number of fused-ring (bicyclic) bond motifs is 2. The fourth-order valence-corrected chi connectivity index (χ4v) is 3.40. The Morgan fingerprint density at radius 2 is 2.07 bits per heavy atom. The second-order valence-corrected chi connectivity index (χ2v) is 5.64. The minimum Gasteiger partial charge on any atom is 1.00 e.